The smallest absolute Gasteiger partial charge is 0.257 e. The minimum Gasteiger partial charge on any atom is -0.488 e. The monoisotopic (exact) mass is 448 g/mol. The quantitative estimate of drug-likeness (QED) is 0.627. The Morgan fingerprint density at radius 3 is 2.30 bits per heavy atom. The standard InChI is InChI=1S/C22H22Cl2N2O4/c1-15(10-11-25-21(27)14-29-18-6-2-16(23)3-7-18)26-13-20(12-22(26)28)30-19-8-4-17(24)5-9-19/h2-9,20H,1,10-14H2,(H,25,27)/t20-/m1/s1. The summed E-state index contributed by atoms with van der Waals surface area (Å²) in [5.74, 6) is 0.928. The van der Waals surface area contributed by atoms with Crippen molar-refractivity contribution in [3.05, 3.63) is 70.9 Å². The number of likely N-dealkylation sites (tertiary alicyclic amines) is 1. The summed E-state index contributed by atoms with van der Waals surface area (Å²) in [6.45, 7) is 4.65. The molecule has 2 aromatic rings. The zero-order valence-corrected chi connectivity index (χ0v) is 17.8. The van der Waals surface area contributed by atoms with E-state index < -0.39 is 0 Å². The maximum Gasteiger partial charge on any atom is 0.257 e. The second kappa shape index (κ2) is 10.4. The summed E-state index contributed by atoms with van der Waals surface area (Å²) in [7, 11) is 0. The number of benzene rings is 2. The van der Waals surface area contributed by atoms with Crippen molar-refractivity contribution in [3.8, 4) is 11.5 Å². The van der Waals surface area contributed by atoms with E-state index in [4.69, 9.17) is 32.7 Å². The third-order valence-corrected chi connectivity index (χ3v) is 5.01. The first-order valence-corrected chi connectivity index (χ1v) is 10.2. The molecule has 158 valence electrons. The fraction of sp³-hybridized carbons (Fsp3) is 0.273. The molecule has 0 radical (unpaired) electrons. The lowest BCUT2D eigenvalue weighted by molar-refractivity contribution is -0.126. The molecule has 3 rings (SSSR count). The Labute approximate surface area is 185 Å². The molecule has 2 amide bonds. The average molecular weight is 449 g/mol. The average Bonchev–Trinajstić information content (AvgIpc) is 3.09. The predicted octanol–water partition coefficient (Wildman–Crippen LogP) is 4.07. The first kappa shape index (κ1) is 22.0. The van der Waals surface area contributed by atoms with E-state index in [1.807, 2.05) is 0 Å². The number of nitrogens with one attached hydrogen (secondary N) is 1. The molecule has 1 aliphatic rings. The molecule has 1 fully saturated rings. The highest BCUT2D eigenvalue weighted by molar-refractivity contribution is 6.30. The van der Waals surface area contributed by atoms with E-state index in [-0.39, 0.29) is 30.9 Å². The van der Waals surface area contributed by atoms with Crippen molar-refractivity contribution in [3.63, 3.8) is 0 Å². The Morgan fingerprint density at radius 2 is 1.67 bits per heavy atom. The topological polar surface area (TPSA) is 67.9 Å². The molecule has 1 atom stereocenters. The maximum atomic E-state index is 12.3. The number of carbonyl (C=O) groups is 2. The maximum absolute atomic E-state index is 12.3. The van der Waals surface area contributed by atoms with Gasteiger partial charge in [0.2, 0.25) is 5.91 Å². The minimum atomic E-state index is -0.255. The molecule has 0 saturated carbocycles. The van der Waals surface area contributed by atoms with Gasteiger partial charge in [0.15, 0.2) is 6.61 Å². The van der Waals surface area contributed by atoms with E-state index in [0.717, 1.165) is 0 Å². The van der Waals surface area contributed by atoms with Gasteiger partial charge < -0.3 is 19.7 Å². The van der Waals surface area contributed by atoms with Crippen LogP contribution in [0.3, 0.4) is 0 Å². The molecule has 0 aromatic heterocycles. The van der Waals surface area contributed by atoms with Gasteiger partial charge >= 0.3 is 0 Å². The van der Waals surface area contributed by atoms with Gasteiger partial charge in [-0.05, 0) is 48.5 Å². The Morgan fingerprint density at radius 1 is 1.07 bits per heavy atom. The number of amides is 2. The molecule has 0 unspecified atom stereocenters. The lowest BCUT2D eigenvalue weighted by Crippen LogP contribution is -2.32. The summed E-state index contributed by atoms with van der Waals surface area (Å²) in [4.78, 5) is 25.8. The highest BCUT2D eigenvalue weighted by Gasteiger charge is 2.32. The summed E-state index contributed by atoms with van der Waals surface area (Å²) < 4.78 is 11.2. The highest BCUT2D eigenvalue weighted by Crippen LogP contribution is 2.24. The Balaban J connectivity index is 1.37. The summed E-state index contributed by atoms with van der Waals surface area (Å²) in [5, 5.41) is 3.98. The van der Waals surface area contributed by atoms with Crippen molar-refractivity contribution in [1.29, 1.82) is 0 Å². The van der Waals surface area contributed by atoms with Gasteiger partial charge in [0.25, 0.3) is 5.91 Å². The molecule has 1 saturated heterocycles. The lowest BCUT2D eigenvalue weighted by atomic mass is 10.3. The first-order chi connectivity index (χ1) is 14.4. The summed E-state index contributed by atoms with van der Waals surface area (Å²) >= 11 is 11.7. The molecular formula is C22H22Cl2N2O4. The number of nitrogens with zero attached hydrogens (tertiary/aromatic N) is 1. The zero-order chi connectivity index (χ0) is 21.5. The van der Waals surface area contributed by atoms with Crippen LogP contribution < -0.4 is 14.8 Å². The third-order valence-electron chi connectivity index (χ3n) is 4.51. The van der Waals surface area contributed by atoms with Gasteiger partial charge in [0.1, 0.15) is 17.6 Å². The van der Waals surface area contributed by atoms with E-state index >= 15 is 0 Å². The van der Waals surface area contributed by atoms with Crippen LogP contribution in [0.25, 0.3) is 0 Å². The molecular weight excluding hydrogens is 427 g/mol. The number of carbonyl (C=O) groups excluding carboxylic acids is 2. The van der Waals surface area contributed by atoms with Crippen molar-refractivity contribution in [2.75, 3.05) is 19.7 Å². The molecule has 6 nitrogen and oxygen atoms in total. The summed E-state index contributed by atoms with van der Waals surface area (Å²) in [5.41, 5.74) is 0.640. The van der Waals surface area contributed by atoms with Crippen LogP contribution in [-0.4, -0.2) is 42.5 Å². The molecule has 0 spiro atoms. The molecule has 2 aromatic carbocycles. The van der Waals surface area contributed by atoms with Gasteiger partial charge in [0, 0.05) is 28.7 Å². The minimum absolute atomic E-state index is 0.0450. The largest absolute Gasteiger partial charge is 0.488 e. The van der Waals surface area contributed by atoms with Crippen LogP contribution in [0.2, 0.25) is 10.0 Å². The molecule has 1 heterocycles. The molecule has 8 heteroatoms. The normalized spacial score (nSPS) is 15.7. The van der Waals surface area contributed by atoms with Gasteiger partial charge in [-0.15, -0.1) is 0 Å². The number of hydrogen-bond acceptors (Lipinski definition) is 4. The Bertz CT molecular complexity index is 900. The number of halogens is 2. The van der Waals surface area contributed by atoms with Gasteiger partial charge in [-0.2, -0.15) is 0 Å². The first-order valence-electron chi connectivity index (χ1n) is 9.46. The van der Waals surface area contributed by atoms with Gasteiger partial charge in [-0.1, -0.05) is 29.8 Å². The van der Waals surface area contributed by atoms with E-state index in [2.05, 4.69) is 11.9 Å². The SMILES string of the molecule is C=C(CCNC(=O)COc1ccc(Cl)cc1)N1C[C@H](Oc2ccc(Cl)cc2)CC1=O. The van der Waals surface area contributed by atoms with Crippen LogP contribution in [-0.2, 0) is 9.59 Å². The fourth-order valence-electron chi connectivity index (χ4n) is 2.98. The van der Waals surface area contributed by atoms with Crippen molar-refractivity contribution in [1.82, 2.24) is 10.2 Å². The van der Waals surface area contributed by atoms with Gasteiger partial charge in [-0.3, -0.25) is 9.59 Å². The lowest BCUT2D eigenvalue weighted by Gasteiger charge is -2.20. The molecule has 1 aliphatic heterocycles. The van der Waals surface area contributed by atoms with Crippen LogP contribution in [0.15, 0.2) is 60.8 Å². The Hall–Kier alpha value is -2.70. The van der Waals surface area contributed by atoms with Gasteiger partial charge in [0.05, 0.1) is 13.0 Å². The predicted molar refractivity (Wildman–Crippen MR) is 116 cm³/mol. The second-order valence-corrected chi connectivity index (χ2v) is 7.68. The molecule has 30 heavy (non-hydrogen) atoms. The van der Waals surface area contributed by atoms with Crippen LogP contribution in [0.5, 0.6) is 11.5 Å². The van der Waals surface area contributed by atoms with Crippen molar-refractivity contribution < 1.29 is 19.1 Å². The van der Waals surface area contributed by atoms with Crippen LogP contribution in [0, 0.1) is 0 Å². The van der Waals surface area contributed by atoms with Crippen molar-refractivity contribution in [2.24, 2.45) is 0 Å². The van der Waals surface area contributed by atoms with E-state index in [0.29, 0.717) is 46.8 Å². The summed E-state index contributed by atoms with van der Waals surface area (Å²) in [6, 6.07) is 13.8. The number of rotatable bonds is 9. The highest BCUT2D eigenvalue weighted by atomic mass is 35.5. The molecule has 0 bridgehead atoms. The van der Waals surface area contributed by atoms with Crippen molar-refractivity contribution in [2.45, 2.75) is 18.9 Å². The van der Waals surface area contributed by atoms with Crippen LogP contribution >= 0.6 is 23.2 Å². The fourth-order valence-corrected chi connectivity index (χ4v) is 3.23. The molecule has 0 aliphatic carbocycles. The summed E-state index contributed by atoms with van der Waals surface area (Å²) in [6.07, 6.45) is 0.479. The van der Waals surface area contributed by atoms with Crippen LogP contribution in [0.1, 0.15) is 12.8 Å². The van der Waals surface area contributed by atoms with E-state index in [9.17, 15) is 9.59 Å². The van der Waals surface area contributed by atoms with E-state index in [1.165, 1.54) is 0 Å². The Kier molecular flexibility index (Phi) is 7.60. The van der Waals surface area contributed by atoms with Crippen molar-refractivity contribution >= 4 is 35.0 Å². The third kappa shape index (κ3) is 6.40. The van der Waals surface area contributed by atoms with Gasteiger partial charge in [-0.25, -0.2) is 0 Å². The zero-order valence-electron chi connectivity index (χ0n) is 16.3. The molecule has 1 N–H and O–H groups in total. The number of hydrogen-bond donors (Lipinski definition) is 1. The number of ether oxygens (including phenoxy) is 2. The second-order valence-electron chi connectivity index (χ2n) is 6.81. The van der Waals surface area contributed by atoms with E-state index in [1.54, 1.807) is 53.4 Å². The van der Waals surface area contributed by atoms with Crippen LogP contribution in [0.4, 0.5) is 0 Å².